The zero-order chi connectivity index (χ0) is 16.0. The summed E-state index contributed by atoms with van der Waals surface area (Å²) in [5.41, 5.74) is -0.276. The second-order valence-electron chi connectivity index (χ2n) is 3.90. The molecule has 118 valence electrons. The van der Waals surface area contributed by atoms with Gasteiger partial charge in [0.25, 0.3) is 0 Å². The number of carbonyl (C=O) groups is 1. The third-order valence-electron chi connectivity index (χ3n) is 2.59. The number of carboxylic acid groups (broad SMARTS) is 1. The first kappa shape index (κ1) is 17.6. The highest BCUT2D eigenvalue weighted by atomic mass is 32.2. The van der Waals surface area contributed by atoms with Crippen LogP contribution < -0.4 is 14.2 Å². The molecule has 0 aromatic heterocycles. The highest BCUT2D eigenvalue weighted by Crippen LogP contribution is 2.34. The van der Waals surface area contributed by atoms with Crippen LogP contribution in [0.1, 0.15) is 10.4 Å². The Balaban J connectivity index is 3.31. The molecule has 21 heavy (non-hydrogen) atoms. The highest BCUT2D eigenvalue weighted by molar-refractivity contribution is 7.98. The highest BCUT2D eigenvalue weighted by Gasteiger charge is 2.23. The van der Waals surface area contributed by atoms with Gasteiger partial charge >= 0.3 is 5.97 Å². The van der Waals surface area contributed by atoms with Crippen LogP contribution in [0.4, 0.5) is 0 Å². The van der Waals surface area contributed by atoms with E-state index in [2.05, 4.69) is 4.72 Å². The lowest BCUT2D eigenvalue weighted by Gasteiger charge is -2.13. The summed E-state index contributed by atoms with van der Waals surface area (Å²) in [7, 11) is -1.21. The second kappa shape index (κ2) is 7.53. The van der Waals surface area contributed by atoms with E-state index in [1.165, 1.54) is 32.0 Å². The van der Waals surface area contributed by atoms with Gasteiger partial charge in [-0.25, -0.2) is 17.9 Å². The van der Waals surface area contributed by atoms with Gasteiger partial charge in [0.1, 0.15) is 5.56 Å². The number of sulfonamides is 1. The van der Waals surface area contributed by atoms with Gasteiger partial charge in [-0.1, -0.05) is 0 Å². The van der Waals surface area contributed by atoms with Gasteiger partial charge in [0, 0.05) is 18.4 Å². The van der Waals surface area contributed by atoms with E-state index in [1.807, 2.05) is 6.26 Å². The fourth-order valence-corrected chi connectivity index (χ4v) is 3.12. The summed E-state index contributed by atoms with van der Waals surface area (Å²) in [5.74, 6) is -0.666. The van der Waals surface area contributed by atoms with E-state index < -0.39 is 16.0 Å². The van der Waals surface area contributed by atoms with Crippen molar-refractivity contribution in [1.82, 2.24) is 4.72 Å². The number of benzene rings is 1. The number of hydrogen-bond donors (Lipinski definition) is 2. The lowest BCUT2D eigenvalue weighted by molar-refractivity contribution is 0.0692. The monoisotopic (exact) mass is 335 g/mol. The largest absolute Gasteiger partial charge is 0.493 e. The van der Waals surface area contributed by atoms with Crippen LogP contribution in [-0.4, -0.2) is 52.3 Å². The van der Waals surface area contributed by atoms with Crippen LogP contribution in [0.25, 0.3) is 0 Å². The van der Waals surface area contributed by atoms with Crippen LogP contribution in [0.5, 0.6) is 11.5 Å². The number of carboxylic acids is 1. The van der Waals surface area contributed by atoms with Crippen LogP contribution in [0.3, 0.4) is 0 Å². The fraction of sp³-hybridized carbons (Fsp3) is 0.417. The molecular formula is C12H17NO6S2. The minimum atomic E-state index is -3.81. The summed E-state index contributed by atoms with van der Waals surface area (Å²) >= 11 is 1.49. The fourth-order valence-electron chi connectivity index (χ4n) is 1.61. The van der Waals surface area contributed by atoms with E-state index >= 15 is 0 Å². The summed E-state index contributed by atoms with van der Waals surface area (Å²) in [4.78, 5) is 11.1. The molecule has 0 unspecified atom stereocenters. The van der Waals surface area contributed by atoms with Gasteiger partial charge in [-0.2, -0.15) is 11.8 Å². The molecule has 0 aliphatic rings. The molecule has 9 heteroatoms. The van der Waals surface area contributed by atoms with Crippen molar-refractivity contribution in [1.29, 1.82) is 0 Å². The second-order valence-corrected chi connectivity index (χ2v) is 6.65. The summed E-state index contributed by atoms with van der Waals surface area (Å²) in [5, 5.41) is 9.17. The lowest BCUT2D eigenvalue weighted by atomic mass is 10.2. The van der Waals surface area contributed by atoms with Crippen molar-refractivity contribution in [3.05, 3.63) is 17.7 Å². The number of ether oxygens (including phenoxy) is 2. The average molecular weight is 335 g/mol. The number of methoxy groups -OCH3 is 2. The number of nitrogens with one attached hydrogen (secondary N) is 1. The molecule has 1 rings (SSSR count). The van der Waals surface area contributed by atoms with Gasteiger partial charge in [0.15, 0.2) is 11.5 Å². The van der Waals surface area contributed by atoms with Crippen molar-refractivity contribution >= 4 is 27.8 Å². The van der Waals surface area contributed by atoms with Gasteiger partial charge in [-0.3, -0.25) is 0 Å². The van der Waals surface area contributed by atoms with E-state index in [4.69, 9.17) is 14.6 Å². The quantitative estimate of drug-likeness (QED) is 0.684. The normalized spacial score (nSPS) is 11.2. The molecule has 0 amide bonds. The molecule has 0 aliphatic carbocycles. The predicted octanol–water partition coefficient (Wildman–Crippen LogP) is 1.04. The standard InChI is InChI=1S/C12H17NO6S2/c1-18-10-7-8(21(16,17)13-4-5-20-3)6-9(12(14)15)11(10)19-2/h6-7,13H,4-5H2,1-3H3,(H,14,15). The summed E-state index contributed by atoms with van der Waals surface area (Å²) in [6.07, 6.45) is 1.85. The number of aromatic carboxylic acids is 1. The molecule has 1 aromatic rings. The molecule has 1 aromatic carbocycles. The van der Waals surface area contributed by atoms with Crippen LogP contribution >= 0.6 is 11.8 Å². The van der Waals surface area contributed by atoms with Gasteiger partial charge in [-0.15, -0.1) is 0 Å². The molecule has 0 spiro atoms. The van der Waals surface area contributed by atoms with Crippen molar-refractivity contribution in [2.45, 2.75) is 4.90 Å². The van der Waals surface area contributed by atoms with E-state index in [0.29, 0.717) is 5.75 Å². The van der Waals surface area contributed by atoms with E-state index in [1.54, 1.807) is 0 Å². The first-order chi connectivity index (χ1) is 9.87. The van der Waals surface area contributed by atoms with Crippen LogP contribution in [-0.2, 0) is 10.0 Å². The topological polar surface area (TPSA) is 102 Å². The van der Waals surface area contributed by atoms with Crippen molar-refractivity contribution in [2.75, 3.05) is 32.8 Å². The molecule has 0 bridgehead atoms. The molecule has 0 atom stereocenters. The number of rotatable bonds is 8. The van der Waals surface area contributed by atoms with E-state index in [-0.39, 0.29) is 28.5 Å². The Morgan fingerprint density at radius 2 is 2.00 bits per heavy atom. The lowest BCUT2D eigenvalue weighted by Crippen LogP contribution is -2.26. The maximum Gasteiger partial charge on any atom is 0.339 e. The molecule has 7 nitrogen and oxygen atoms in total. The molecule has 0 radical (unpaired) electrons. The summed E-state index contributed by atoms with van der Waals surface area (Å²) in [6.45, 7) is 0.250. The number of hydrogen-bond acceptors (Lipinski definition) is 6. The zero-order valence-electron chi connectivity index (χ0n) is 11.9. The molecule has 0 saturated heterocycles. The predicted molar refractivity (Wildman–Crippen MR) is 80.1 cm³/mol. The molecular weight excluding hydrogens is 318 g/mol. The van der Waals surface area contributed by atoms with Crippen LogP contribution in [0.15, 0.2) is 17.0 Å². The summed E-state index contributed by atoms with van der Waals surface area (Å²) < 4.78 is 36.6. The van der Waals surface area contributed by atoms with E-state index in [0.717, 1.165) is 6.07 Å². The first-order valence-electron chi connectivity index (χ1n) is 5.85. The van der Waals surface area contributed by atoms with Gasteiger partial charge in [0.05, 0.1) is 19.1 Å². The van der Waals surface area contributed by atoms with Crippen molar-refractivity contribution < 1.29 is 27.8 Å². The van der Waals surface area contributed by atoms with Crippen molar-refractivity contribution in [2.24, 2.45) is 0 Å². The Labute approximate surface area is 127 Å². The molecule has 0 aliphatic heterocycles. The van der Waals surface area contributed by atoms with Crippen molar-refractivity contribution in [3.8, 4) is 11.5 Å². The Bertz CT molecular complexity index is 614. The SMILES string of the molecule is COc1cc(S(=O)(=O)NCCSC)cc(C(=O)O)c1OC. The Hall–Kier alpha value is -1.45. The van der Waals surface area contributed by atoms with E-state index in [9.17, 15) is 13.2 Å². The third-order valence-corrected chi connectivity index (χ3v) is 4.64. The molecule has 2 N–H and O–H groups in total. The number of thioether (sulfide) groups is 1. The Morgan fingerprint density at radius 3 is 2.48 bits per heavy atom. The minimum Gasteiger partial charge on any atom is -0.493 e. The third kappa shape index (κ3) is 4.26. The van der Waals surface area contributed by atoms with Crippen molar-refractivity contribution in [3.63, 3.8) is 0 Å². The van der Waals surface area contributed by atoms with Crippen LogP contribution in [0.2, 0.25) is 0 Å². The van der Waals surface area contributed by atoms with Gasteiger partial charge < -0.3 is 14.6 Å². The first-order valence-corrected chi connectivity index (χ1v) is 8.73. The summed E-state index contributed by atoms with van der Waals surface area (Å²) in [6, 6.07) is 2.28. The minimum absolute atomic E-state index is 0.0203. The maximum absolute atomic E-state index is 12.1. The Kier molecular flexibility index (Phi) is 6.31. The average Bonchev–Trinajstić information content (AvgIpc) is 2.45. The van der Waals surface area contributed by atoms with Gasteiger partial charge in [0.2, 0.25) is 10.0 Å². The molecule has 0 heterocycles. The van der Waals surface area contributed by atoms with Crippen LogP contribution in [0, 0.1) is 0 Å². The maximum atomic E-state index is 12.1. The Morgan fingerprint density at radius 1 is 1.33 bits per heavy atom. The smallest absolute Gasteiger partial charge is 0.339 e. The zero-order valence-corrected chi connectivity index (χ0v) is 13.5. The molecule has 0 saturated carbocycles. The molecule has 0 fully saturated rings. The van der Waals surface area contributed by atoms with Gasteiger partial charge in [-0.05, 0) is 12.3 Å².